The van der Waals surface area contributed by atoms with Crippen LogP contribution >= 0.6 is 11.8 Å². The van der Waals surface area contributed by atoms with Crippen molar-refractivity contribution in [2.75, 3.05) is 31.0 Å². The Morgan fingerprint density at radius 1 is 0.969 bits per heavy atom. The van der Waals surface area contributed by atoms with Crippen molar-refractivity contribution >= 4 is 33.4 Å². The topological polar surface area (TPSA) is 75.7 Å². The van der Waals surface area contributed by atoms with Crippen LogP contribution in [-0.2, 0) is 14.8 Å². The molecule has 0 unspecified atom stereocenters. The largest absolute Gasteiger partial charge is 0.378 e. The summed E-state index contributed by atoms with van der Waals surface area (Å²) in [5.74, 6) is -0.178. The van der Waals surface area contributed by atoms with E-state index in [9.17, 15) is 13.2 Å². The highest BCUT2D eigenvalue weighted by atomic mass is 32.2. The first kappa shape index (κ1) is 22.4. The lowest BCUT2D eigenvalue weighted by molar-refractivity contribution is 0.0302. The molecule has 1 heterocycles. The Hall–Kier alpha value is -2.81. The van der Waals surface area contributed by atoms with Gasteiger partial charge in [0.25, 0.3) is 15.9 Å². The third-order valence-electron chi connectivity index (χ3n) is 5.15. The van der Waals surface area contributed by atoms with Crippen LogP contribution in [0.5, 0.6) is 0 Å². The zero-order valence-electron chi connectivity index (χ0n) is 17.7. The summed E-state index contributed by atoms with van der Waals surface area (Å²) < 4.78 is 34.4. The number of para-hydroxylation sites is 1. The van der Waals surface area contributed by atoms with E-state index in [0.717, 1.165) is 15.4 Å². The molecule has 3 aromatic rings. The zero-order chi connectivity index (χ0) is 22.6. The molecule has 1 aliphatic heterocycles. The maximum atomic E-state index is 13.2. The molecule has 0 radical (unpaired) electrons. The first-order valence-electron chi connectivity index (χ1n) is 10.3. The molecule has 0 spiro atoms. The van der Waals surface area contributed by atoms with E-state index in [-0.39, 0.29) is 10.8 Å². The van der Waals surface area contributed by atoms with E-state index < -0.39 is 10.0 Å². The van der Waals surface area contributed by atoms with Crippen LogP contribution in [0.1, 0.15) is 15.9 Å². The van der Waals surface area contributed by atoms with Gasteiger partial charge in [0, 0.05) is 28.4 Å². The lowest BCUT2D eigenvalue weighted by Crippen LogP contribution is -2.41. The normalized spacial score (nSPS) is 14.2. The number of carbonyl (C=O) groups excluding carboxylic acids is 1. The van der Waals surface area contributed by atoms with E-state index in [1.54, 1.807) is 23.1 Å². The minimum absolute atomic E-state index is 0.0548. The molecule has 1 saturated heterocycles. The van der Waals surface area contributed by atoms with Crippen LogP contribution < -0.4 is 4.72 Å². The van der Waals surface area contributed by atoms with Crippen molar-refractivity contribution in [1.29, 1.82) is 0 Å². The lowest BCUT2D eigenvalue weighted by atomic mass is 10.1. The number of anilines is 1. The summed E-state index contributed by atoms with van der Waals surface area (Å²) in [6.07, 6.45) is 0. The van der Waals surface area contributed by atoms with Crippen LogP contribution in [0, 0.1) is 6.92 Å². The van der Waals surface area contributed by atoms with Crippen LogP contribution in [0.25, 0.3) is 0 Å². The summed E-state index contributed by atoms with van der Waals surface area (Å²) in [6.45, 7) is 3.78. The number of nitrogens with zero attached hydrogens (tertiary/aromatic N) is 1. The van der Waals surface area contributed by atoms with Crippen LogP contribution in [-0.4, -0.2) is 45.5 Å². The number of rotatable bonds is 6. The van der Waals surface area contributed by atoms with Gasteiger partial charge in [0.1, 0.15) is 0 Å². The Bertz CT molecular complexity index is 1210. The number of amides is 1. The molecule has 32 heavy (non-hydrogen) atoms. The number of sulfonamides is 1. The van der Waals surface area contributed by atoms with Gasteiger partial charge >= 0.3 is 0 Å². The smallest absolute Gasteiger partial charge is 0.261 e. The summed E-state index contributed by atoms with van der Waals surface area (Å²) >= 11 is 1.48. The second-order valence-electron chi connectivity index (χ2n) is 7.40. The van der Waals surface area contributed by atoms with Crippen LogP contribution in [0.2, 0.25) is 0 Å². The van der Waals surface area contributed by atoms with E-state index >= 15 is 0 Å². The molecule has 1 aliphatic rings. The molecule has 6 nitrogen and oxygen atoms in total. The predicted molar refractivity (Wildman–Crippen MR) is 126 cm³/mol. The van der Waals surface area contributed by atoms with Crippen LogP contribution in [0.15, 0.2) is 87.5 Å². The summed E-state index contributed by atoms with van der Waals surface area (Å²) in [5.41, 5.74) is 1.62. The van der Waals surface area contributed by atoms with Crippen molar-refractivity contribution in [2.24, 2.45) is 0 Å². The van der Waals surface area contributed by atoms with Crippen molar-refractivity contribution < 1.29 is 17.9 Å². The standard InChI is InChI=1S/C24H24N2O4S2/c1-18-11-12-20(17-21(18)24(27)26-13-15-30-16-14-26)32(28,29)25-22-9-5-6-10-23(22)31-19-7-3-2-4-8-19/h2-12,17,25H,13-16H2,1H3. The second kappa shape index (κ2) is 9.77. The van der Waals surface area contributed by atoms with Crippen molar-refractivity contribution in [3.05, 3.63) is 83.9 Å². The Morgan fingerprint density at radius 2 is 1.66 bits per heavy atom. The first-order valence-corrected chi connectivity index (χ1v) is 12.6. The molecule has 0 aliphatic carbocycles. The molecule has 0 bridgehead atoms. The Labute approximate surface area is 192 Å². The number of aryl methyl sites for hydroxylation is 1. The molecule has 0 atom stereocenters. The number of ether oxygens (including phenoxy) is 1. The zero-order valence-corrected chi connectivity index (χ0v) is 19.3. The fourth-order valence-electron chi connectivity index (χ4n) is 3.39. The number of nitrogens with one attached hydrogen (secondary N) is 1. The summed E-state index contributed by atoms with van der Waals surface area (Å²) in [6, 6.07) is 21.7. The fourth-order valence-corrected chi connectivity index (χ4v) is 5.49. The average molecular weight is 469 g/mol. The molecule has 8 heteroatoms. The Kier molecular flexibility index (Phi) is 6.83. The number of morpholine rings is 1. The molecule has 1 fully saturated rings. The van der Waals surface area contributed by atoms with Gasteiger partial charge in [-0.25, -0.2) is 8.42 Å². The van der Waals surface area contributed by atoms with Gasteiger partial charge < -0.3 is 9.64 Å². The highest BCUT2D eigenvalue weighted by Crippen LogP contribution is 2.34. The summed E-state index contributed by atoms with van der Waals surface area (Å²) in [5, 5.41) is 0. The van der Waals surface area contributed by atoms with E-state index in [4.69, 9.17) is 4.74 Å². The van der Waals surface area contributed by atoms with E-state index in [1.807, 2.05) is 49.4 Å². The number of benzene rings is 3. The highest BCUT2D eigenvalue weighted by molar-refractivity contribution is 7.99. The van der Waals surface area contributed by atoms with Gasteiger partial charge in [-0.05, 0) is 48.9 Å². The quantitative estimate of drug-likeness (QED) is 0.580. The third-order valence-corrected chi connectivity index (χ3v) is 7.60. The van der Waals surface area contributed by atoms with Gasteiger partial charge in [0.05, 0.1) is 23.8 Å². The first-order chi connectivity index (χ1) is 15.4. The highest BCUT2D eigenvalue weighted by Gasteiger charge is 2.23. The van der Waals surface area contributed by atoms with Crippen molar-refractivity contribution in [3.63, 3.8) is 0 Å². The van der Waals surface area contributed by atoms with Crippen molar-refractivity contribution in [1.82, 2.24) is 4.90 Å². The molecule has 3 aromatic carbocycles. The second-order valence-corrected chi connectivity index (χ2v) is 10.2. The number of carbonyl (C=O) groups is 1. The van der Waals surface area contributed by atoms with Crippen LogP contribution in [0.4, 0.5) is 5.69 Å². The number of hydrogen-bond acceptors (Lipinski definition) is 5. The monoisotopic (exact) mass is 468 g/mol. The van der Waals surface area contributed by atoms with E-state index in [2.05, 4.69) is 4.72 Å². The van der Waals surface area contributed by atoms with Crippen molar-refractivity contribution in [2.45, 2.75) is 21.6 Å². The maximum absolute atomic E-state index is 13.2. The van der Waals surface area contributed by atoms with Crippen LogP contribution in [0.3, 0.4) is 0 Å². The molecule has 0 saturated carbocycles. The summed E-state index contributed by atoms with van der Waals surface area (Å²) in [4.78, 5) is 16.5. The predicted octanol–water partition coefficient (Wildman–Crippen LogP) is 4.42. The average Bonchev–Trinajstić information content (AvgIpc) is 2.81. The summed E-state index contributed by atoms with van der Waals surface area (Å²) in [7, 11) is -3.89. The van der Waals surface area contributed by atoms with Gasteiger partial charge in [-0.1, -0.05) is 48.2 Å². The third kappa shape index (κ3) is 5.15. The molecule has 1 N–H and O–H groups in total. The van der Waals surface area contributed by atoms with Crippen molar-refractivity contribution in [3.8, 4) is 0 Å². The van der Waals surface area contributed by atoms with Gasteiger partial charge in [0.15, 0.2) is 0 Å². The molecule has 0 aromatic heterocycles. The lowest BCUT2D eigenvalue weighted by Gasteiger charge is -2.27. The minimum Gasteiger partial charge on any atom is -0.378 e. The molecular weight excluding hydrogens is 444 g/mol. The Balaban J connectivity index is 1.60. The molecule has 166 valence electrons. The van der Waals surface area contributed by atoms with Gasteiger partial charge in [0.2, 0.25) is 0 Å². The molecular formula is C24H24N2O4S2. The minimum atomic E-state index is -3.89. The number of hydrogen-bond donors (Lipinski definition) is 1. The van der Waals surface area contributed by atoms with Gasteiger partial charge in [-0.2, -0.15) is 0 Å². The Morgan fingerprint density at radius 3 is 2.41 bits per heavy atom. The van der Waals surface area contributed by atoms with Gasteiger partial charge in [-0.15, -0.1) is 0 Å². The molecule has 4 rings (SSSR count). The van der Waals surface area contributed by atoms with E-state index in [1.165, 1.54) is 23.9 Å². The fraction of sp³-hybridized carbons (Fsp3) is 0.208. The van der Waals surface area contributed by atoms with Gasteiger partial charge in [-0.3, -0.25) is 9.52 Å². The van der Waals surface area contributed by atoms with E-state index in [0.29, 0.717) is 37.6 Å². The molecule has 1 amide bonds. The SMILES string of the molecule is Cc1ccc(S(=O)(=O)Nc2ccccc2Sc2ccccc2)cc1C(=O)N1CCOCC1. The maximum Gasteiger partial charge on any atom is 0.261 e.